The maximum Gasteiger partial charge on any atom is 0.0967 e. The zero-order valence-electron chi connectivity index (χ0n) is 12.4. The first-order valence-corrected chi connectivity index (χ1v) is 8.40. The normalized spacial score (nSPS) is 27.0. The van der Waals surface area contributed by atoms with Gasteiger partial charge in [0.2, 0.25) is 0 Å². The second-order valence-corrected chi connectivity index (χ2v) is 6.98. The van der Waals surface area contributed by atoms with Crippen LogP contribution in [0.2, 0.25) is 0 Å². The first kappa shape index (κ1) is 14.4. The van der Waals surface area contributed by atoms with Gasteiger partial charge >= 0.3 is 0 Å². The van der Waals surface area contributed by atoms with Gasteiger partial charge in [0.1, 0.15) is 0 Å². The van der Waals surface area contributed by atoms with Gasteiger partial charge in [-0.15, -0.1) is 11.3 Å². The molecular weight excluding hydrogens is 272 g/mol. The van der Waals surface area contributed by atoms with Crippen molar-refractivity contribution in [1.29, 1.82) is 0 Å². The molecule has 20 heavy (non-hydrogen) atoms. The summed E-state index contributed by atoms with van der Waals surface area (Å²) in [6.07, 6.45) is 4.70. The van der Waals surface area contributed by atoms with E-state index >= 15 is 0 Å². The fourth-order valence-electron chi connectivity index (χ4n) is 3.50. The predicted octanol–water partition coefficient (Wildman–Crippen LogP) is 2.61. The molecule has 0 N–H and O–H groups in total. The molecule has 5 heteroatoms. The highest BCUT2D eigenvalue weighted by Gasteiger charge is 2.44. The third kappa shape index (κ3) is 2.91. The summed E-state index contributed by atoms with van der Waals surface area (Å²) >= 11 is 1.74. The lowest BCUT2D eigenvalue weighted by molar-refractivity contribution is -0.186. The van der Waals surface area contributed by atoms with Crippen LogP contribution in [0.1, 0.15) is 36.4 Å². The van der Waals surface area contributed by atoms with E-state index < -0.39 is 0 Å². The van der Waals surface area contributed by atoms with E-state index in [0.717, 1.165) is 56.9 Å². The molecule has 1 unspecified atom stereocenters. The Hall–Kier alpha value is -0.490. The number of nitrogens with zero attached hydrogens (tertiary/aromatic N) is 2. The van der Waals surface area contributed by atoms with Crippen molar-refractivity contribution in [3.05, 3.63) is 16.1 Å². The second kappa shape index (κ2) is 6.10. The van der Waals surface area contributed by atoms with E-state index in [2.05, 4.69) is 22.2 Å². The summed E-state index contributed by atoms with van der Waals surface area (Å²) in [5.74, 6) is 0. The summed E-state index contributed by atoms with van der Waals surface area (Å²) in [5.41, 5.74) is 1.18. The molecule has 1 aromatic heterocycles. The molecule has 2 aliphatic rings. The molecule has 0 aromatic carbocycles. The average molecular weight is 296 g/mol. The van der Waals surface area contributed by atoms with Crippen molar-refractivity contribution >= 4 is 11.3 Å². The standard InChI is InChI=1S/C15H24N2O2S/c1-12-16-13(11-20-12)10-17-7-5-15(6-8-17)14(18-2)4-3-9-19-15/h11,14H,3-10H2,1-2H3. The van der Waals surface area contributed by atoms with Crippen LogP contribution in [-0.4, -0.2) is 48.4 Å². The zero-order valence-corrected chi connectivity index (χ0v) is 13.2. The van der Waals surface area contributed by atoms with E-state index in [1.165, 1.54) is 5.69 Å². The molecule has 2 aliphatic heterocycles. The van der Waals surface area contributed by atoms with Crippen molar-refractivity contribution in [3.63, 3.8) is 0 Å². The maximum atomic E-state index is 6.15. The van der Waals surface area contributed by atoms with Gasteiger partial charge in [-0.25, -0.2) is 4.98 Å². The van der Waals surface area contributed by atoms with Gasteiger partial charge in [0.25, 0.3) is 0 Å². The first-order chi connectivity index (χ1) is 9.72. The molecule has 0 bridgehead atoms. The third-order valence-corrected chi connectivity index (χ3v) is 5.45. The van der Waals surface area contributed by atoms with Gasteiger partial charge in [0.15, 0.2) is 0 Å². The second-order valence-electron chi connectivity index (χ2n) is 5.91. The Morgan fingerprint density at radius 3 is 2.95 bits per heavy atom. The van der Waals surface area contributed by atoms with Crippen molar-refractivity contribution in [1.82, 2.24) is 9.88 Å². The van der Waals surface area contributed by atoms with Crippen molar-refractivity contribution in [2.75, 3.05) is 26.8 Å². The summed E-state index contributed by atoms with van der Waals surface area (Å²) in [6.45, 7) is 6.09. The SMILES string of the molecule is COC1CCCOC12CCN(Cc1csc(C)n1)CC2. The molecule has 1 spiro atoms. The van der Waals surface area contributed by atoms with Gasteiger partial charge < -0.3 is 9.47 Å². The number of hydrogen-bond donors (Lipinski definition) is 0. The van der Waals surface area contributed by atoms with Gasteiger partial charge in [0, 0.05) is 38.7 Å². The van der Waals surface area contributed by atoms with Crippen LogP contribution < -0.4 is 0 Å². The Morgan fingerprint density at radius 2 is 2.30 bits per heavy atom. The van der Waals surface area contributed by atoms with Gasteiger partial charge in [-0.1, -0.05) is 0 Å². The lowest BCUT2D eigenvalue weighted by Gasteiger charge is -2.48. The van der Waals surface area contributed by atoms with Crippen LogP contribution >= 0.6 is 11.3 Å². The molecule has 0 radical (unpaired) electrons. The number of methoxy groups -OCH3 is 1. The molecule has 0 aliphatic carbocycles. The number of aryl methyl sites for hydroxylation is 1. The molecule has 0 amide bonds. The molecule has 112 valence electrons. The Bertz CT molecular complexity index is 441. The smallest absolute Gasteiger partial charge is 0.0967 e. The van der Waals surface area contributed by atoms with E-state index in [1.54, 1.807) is 11.3 Å². The van der Waals surface area contributed by atoms with Gasteiger partial charge in [-0.2, -0.15) is 0 Å². The number of piperidine rings is 1. The highest BCUT2D eigenvalue weighted by Crippen LogP contribution is 2.37. The predicted molar refractivity (Wildman–Crippen MR) is 80.1 cm³/mol. The molecule has 1 atom stereocenters. The summed E-state index contributed by atoms with van der Waals surface area (Å²) in [6, 6.07) is 0. The monoisotopic (exact) mass is 296 g/mol. The van der Waals surface area contributed by atoms with E-state index in [1.807, 2.05) is 7.11 Å². The largest absolute Gasteiger partial charge is 0.378 e. The Morgan fingerprint density at radius 1 is 1.50 bits per heavy atom. The van der Waals surface area contributed by atoms with Gasteiger partial charge in [0.05, 0.1) is 22.4 Å². The summed E-state index contributed by atoms with van der Waals surface area (Å²) in [4.78, 5) is 7.05. The van der Waals surface area contributed by atoms with Crippen LogP contribution in [0.25, 0.3) is 0 Å². The van der Waals surface area contributed by atoms with Crippen LogP contribution in [0, 0.1) is 6.92 Å². The quantitative estimate of drug-likeness (QED) is 0.859. The van der Waals surface area contributed by atoms with Crippen LogP contribution in [-0.2, 0) is 16.0 Å². The minimum atomic E-state index is -0.0263. The summed E-state index contributed by atoms with van der Waals surface area (Å²) in [5, 5.41) is 3.33. The molecule has 3 heterocycles. The van der Waals surface area contributed by atoms with Crippen LogP contribution in [0.3, 0.4) is 0 Å². The molecule has 1 aromatic rings. The van der Waals surface area contributed by atoms with E-state index in [9.17, 15) is 0 Å². The van der Waals surface area contributed by atoms with E-state index in [0.29, 0.717) is 0 Å². The third-order valence-electron chi connectivity index (χ3n) is 4.63. The van der Waals surface area contributed by atoms with Crippen molar-refractivity contribution < 1.29 is 9.47 Å². The molecule has 2 fully saturated rings. The van der Waals surface area contributed by atoms with E-state index in [-0.39, 0.29) is 11.7 Å². The van der Waals surface area contributed by atoms with Crippen LogP contribution in [0.4, 0.5) is 0 Å². The van der Waals surface area contributed by atoms with Crippen LogP contribution in [0.5, 0.6) is 0 Å². The summed E-state index contributed by atoms with van der Waals surface area (Å²) < 4.78 is 11.8. The number of aromatic nitrogens is 1. The van der Waals surface area contributed by atoms with Gasteiger partial charge in [-0.3, -0.25) is 4.90 Å². The summed E-state index contributed by atoms with van der Waals surface area (Å²) in [7, 11) is 1.82. The van der Waals surface area contributed by atoms with Crippen LogP contribution in [0.15, 0.2) is 5.38 Å². The zero-order chi connectivity index (χ0) is 14.0. The molecule has 2 saturated heterocycles. The van der Waals surface area contributed by atoms with Crippen molar-refractivity contribution in [2.45, 2.75) is 50.9 Å². The molecular formula is C15H24N2O2S. The molecule has 3 rings (SSSR count). The Balaban J connectivity index is 1.58. The average Bonchev–Trinajstić information content (AvgIpc) is 2.87. The number of hydrogen-bond acceptors (Lipinski definition) is 5. The molecule has 4 nitrogen and oxygen atoms in total. The Kier molecular flexibility index (Phi) is 4.40. The van der Waals surface area contributed by atoms with Crippen molar-refractivity contribution in [3.8, 4) is 0 Å². The molecule has 0 saturated carbocycles. The number of likely N-dealkylation sites (tertiary alicyclic amines) is 1. The highest BCUT2D eigenvalue weighted by molar-refractivity contribution is 7.09. The Labute approximate surface area is 125 Å². The maximum absolute atomic E-state index is 6.15. The van der Waals surface area contributed by atoms with E-state index in [4.69, 9.17) is 9.47 Å². The minimum Gasteiger partial charge on any atom is -0.378 e. The number of rotatable bonds is 3. The highest BCUT2D eigenvalue weighted by atomic mass is 32.1. The first-order valence-electron chi connectivity index (χ1n) is 7.52. The fourth-order valence-corrected chi connectivity index (χ4v) is 4.10. The number of thiazole rings is 1. The minimum absolute atomic E-state index is 0.0263. The fraction of sp³-hybridized carbons (Fsp3) is 0.800. The van der Waals surface area contributed by atoms with Gasteiger partial charge in [-0.05, 0) is 32.6 Å². The lowest BCUT2D eigenvalue weighted by Crippen LogP contribution is -2.55. The number of ether oxygens (including phenoxy) is 2. The van der Waals surface area contributed by atoms with Crippen molar-refractivity contribution in [2.24, 2.45) is 0 Å². The lowest BCUT2D eigenvalue weighted by atomic mass is 9.82. The topological polar surface area (TPSA) is 34.6 Å².